The van der Waals surface area contributed by atoms with Gasteiger partial charge in [-0.1, -0.05) is 54.1 Å². The van der Waals surface area contributed by atoms with E-state index in [0.29, 0.717) is 5.02 Å². The fourth-order valence-electron chi connectivity index (χ4n) is 3.07. The average molecular weight is 399 g/mol. The number of hydrogen-bond donors (Lipinski definition) is 3. The molecule has 1 aliphatic heterocycles. The third kappa shape index (κ3) is 3.50. The van der Waals surface area contributed by atoms with Gasteiger partial charge in [-0.2, -0.15) is 13.2 Å². The molecule has 1 saturated heterocycles. The van der Waals surface area contributed by atoms with Crippen molar-refractivity contribution in [2.45, 2.75) is 17.9 Å². The number of nitrogens with one attached hydrogen (secondary N) is 2. The van der Waals surface area contributed by atoms with Crippen molar-refractivity contribution in [2.24, 2.45) is 5.92 Å². The Morgan fingerprint density at radius 1 is 1.07 bits per heavy atom. The number of amides is 2. The summed E-state index contributed by atoms with van der Waals surface area (Å²) in [5, 5.41) is 14.5. The Hall–Kier alpha value is -2.58. The van der Waals surface area contributed by atoms with E-state index in [0.717, 1.165) is 0 Å². The lowest BCUT2D eigenvalue weighted by Crippen LogP contribution is -2.72. The Morgan fingerprint density at radius 2 is 1.67 bits per heavy atom. The molecule has 2 aromatic rings. The highest BCUT2D eigenvalue weighted by Crippen LogP contribution is 2.44. The predicted molar refractivity (Wildman–Crippen MR) is 91.1 cm³/mol. The number of hydrogen-bond acceptors (Lipinski definition) is 3. The summed E-state index contributed by atoms with van der Waals surface area (Å²) in [4.78, 5) is 24.8. The van der Waals surface area contributed by atoms with E-state index >= 15 is 0 Å². The average Bonchev–Trinajstić information content (AvgIpc) is 2.61. The smallest absolute Gasteiger partial charge is 0.363 e. The van der Waals surface area contributed by atoms with Crippen LogP contribution in [0.25, 0.3) is 0 Å². The lowest BCUT2D eigenvalue weighted by molar-refractivity contribution is -0.287. The number of carbonyl (C=O) groups excluding carboxylic acids is 2. The van der Waals surface area contributed by atoms with Gasteiger partial charge in [0.1, 0.15) is 5.92 Å². The molecule has 0 saturated carbocycles. The van der Waals surface area contributed by atoms with Crippen LogP contribution in [0.1, 0.15) is 22.0 Å². The summed E-state index contributed by atoms with van der Waals surface area (Å²) in [6, 6.07) is 10.2. The Bertz CT molecular complexity index is 858. The summed E-state index contributed by atoms with van der Waals surface area (Å²) >= 11 is 5.81. The van der Waals surface area contributed by atoms with Crippen LogP contribution in [0.3, 0.4) is 0 Å². The molecule has 0 aliphatic carbocycles. The molecule has 0 unspecified atom stereocenters. The molecule has 1 fully saturated rings. The second-order valence-electron chi connectivity index (χ2n) is 6.10. The summed E-state index contributed by atoms with van der Waals surface area (Å²) in [6.45, 7) is 0. The quantitative estimate of drug-likeness (QED) is 0.693. The number of urea groups is 1. The molecule has 0 spiro atoms. The summed E-state index contributed by atoms with van der Waals surface area (Å²) in [7, 11) is 0. The number of carbonyl (C=O) groups is 2. The van der Waals surface area contributed by atoms with Gasteiger partial charge < -0.3 is 15.7 Å². The lowest BCUT2D eigenvalue weighted by Gasteiger charge is -2.45. The van der Waals surface area contributed by atoms with Crippen molar-refractivity contribution >= 4 is 23.4 Å². The van der Waals surface area contributed by atoms with Crippen molar-refractivity contribution in [3.63, 3.8) is 0 Å². The van der Waals surface area contributed by atoms with Crippen molar-refractivity contribution in [3.05, 3.63) is 70.7 Å². The second-order valence-corrected chi connectivity index (χ2v) is 6.54. The monoisotopic (exact) mass is 398 g/mol. The van der Waals surface area contributed by atoms with E-state index < -0.39 is 35.7 Å². The molecule has 27 heavy (non-hydrogen) atoms. The van der Waals surface area contributed by atoms with Crippen LogP contribution in [0.2, 0.25) is 5.02 Å². The van der Waals surface area contributed by atoms with Crippen LogP contribution >= 0.6 is 11.6 Å². The van der Waals surface area contributed by atoms with E-state index in [1.165, 1.54) is 53.8 Å². The lowest BCUT2D eigenvalue weighted by atomic mass is 9.77. The van der Waals surface area contributed by atoms with Crippen molar-refractivity contribution < 1.29 is 27.9 Å². The van der Waals surface area contributed by atoms with Gasteiger partial charge in [0.25, 0.3) is 0 Å². The SMILES string of the molecule is O=C1N[C@@H](c2ccc(Cl)cc2)[C@H](C(=O)c2ccccc2)[C@](O)(C(F)(F)F)N1. The molecular formula is C18H14ClF3N2O3. The van der Waals surface area contributed by atoms with E-state index in [-0.39, 0.29) is 11.1 Å². The van der Waals surface area contributed by atoms with Gasteiger partial charge >= 0.3 is 12.2 Å². The number of benzene rings is 2. The molecule has 0 aromatic heterocycles. The molecule has 2 amide bonds. The van der Waals surface area contributed by atoms with Crippen molar-refractivity contribution in [2.75, 3.05) is 0 Å². The third-order valence-electron chi connectivity index (χ3n) is 4.38. The van der Waals surface area contributed by atoms with Gasteiger partial charge in [0.05, 0.1) is 6.04 Å². The fourth-order valence-corrected chi connectivity index (χ4v) is 3.19. The fraction of sp³-hybridized carbons (Fsp3) is 0.222. The highest BCUT2D eigenvalue weighted by molar-refractivity contribution is 6.30. The van der Waals surface area contributed by atoms with Gasteiger partial charge in [-0.15, -0.1) is 0 Å². The first-order valence-corrected chi connectivity index (χ1v) is 8.24. The van der Waals surface area contributed by atoms with Gasteiger partial charge in [0, 0.05) is 10.6 Å². The largest absolute Gasteiger partial charge is 0.437 e. The van der Waals surface area contributed by atoms with Gasteiger partial charge in [-0.25, -0.2) is 4.79 Å². The first-order chi connectivity index (χ1) is 12.6. The molecule has 3 atom stereocenters. The van der Waals surface area contributed by atoms with E-state index in [2.05, 4.69) is 5.32 Å². The molecule has 1 aliphatic rings. The maximum Gasteiger partial charge on any atom is 0.437 e. The minimum absolute atomic E-state index is 0.0258. The second kappa shape index (κ2) is 6.86. The van der Waals surface area contributed by atoms with Crippen LogP contribution in [-0.2, 0) is 0 Å². The zero-order valence-corrected chi connectivity index (χ0v) is 14.4. The van der Waals surface area contributed by atoms with Gasteiger partial charge in [0.15, 0.2) is 5.78 Å². The van der Waals surface area contributed by atoms with Crippen molar-refractivity contribution in [3.8, 4) is 0 Å². The first kappa shape index (κ1) is 19.2. The normalized spacial score (nSPS) is 25.4. The van der Waals surface area contributed by atoms with E-state index in [9.17, 15) is 27.9 Å². The molecular weight excluding hydrogens is 385 g/mol. The Labute approximate surface area is 157 Å². The maximum atomic E-state index is 13.7. The van der Waals surface area contributed by atoms with Gasteiger partial charge in [-0.05, 0) is 17.7 Å². The summed E-state index contributed by atoms with van der Waals surface area (Å²) < 4.78 is 41.1. The molecule has 0 bridgehead atoms. The molecule has 9 heteroatoms. The van der Waals surface area contributed by atoms with Crippen LogP contribution < -0.4 is 10.6 Å². The summed E-state index contributed by atoms with van der Waals surface area (Å²) in [6.07, 6.45) is -5.29. The number of Topliss-reactive ketones (excluding diaryl/α,β-unsaturated/α-hetero) is 1. The maximum absolute atomic E-state index is 13.7. The van der Waals surface area contributed by atoms with Gasteiger partial charge in [0.2, 0.25) is 5.72 Å². The number of aliphatic hydroxyl groups is 1. The molecule has 0 radical (unpaired) electrons. The number of ketones is 1. The van der Waals surface area contributed by atoms with Gasteiger partial charge in [-0.3, -0.25) is 4.79 Å². The minimum atomic E-state index is -5.29. The standard InChI is InChI=1S/C18H14ClF3N2O3/c19-12-8-6-10(7-9-12)14-13(15(25)11-4-2-1-3-5-11)17(27,18(20,21)22)24-16(26)23-14/h1-9,13-14,27H,(H2,23,24,26)/t13-,14+,17+/m1/s1. The van der Waals surface area contributed by atoms with Crippen LogP contribution in [0.5, 0.6) is 0 Å². The van der Waals surface area contributed by atoms with Crippen LogP contribution in [0.4, 0.5) is 18.0 Å². The highest BCUT2D eigenvalue weighted by atomic mass is 35.5. The Balaban J connectivity index is 2.15. The minimum Gasteiger partial charge on any atom is -0.363 e. The molecule has 2 aromatic carbocycles. The van der Waals surface area contributed by atoms with Crippen LogP contribution in [0.15, 0.2) is 54.6 Å². The van der Waals surface area contributed by atoms with E-state index in [4.69, 9.17) is 11.6 Å². The topological polar surface area (TPSA) is 78.4 Å². The third-order valence-corrected chi connectivity index (χ3v) is 4.63. The van der Waals surface area contributed by atoms with Crippen LogP contribution in [0, 0.1) is 5.92 Å². The molecule has 1 heterocycles. The van der Waals surface area contributed by atoms with Crippen LogP contribution in [-0.4, -0.2) is 28.8 Å². The van der Waals surface area contributed by atoms with Crippen molar-refractivity contribution in [1.29, 1.82) is 0 Å². The molecule has 142 valence electrons. The zero-order valence-electron chi connectivity index (χ0n) is 13.6. The van der Waals surface area contributed by atoms with Crippen molar-refractivity contribution in [1.82, 2.24) is 10.6 Å². The summed E-state index contributed by atoms with van der Waals surface area (Å²) in [5.41, 5.74) is -3.57. The Kier molecular flexibility index (Phi) is 4.88. The zero-order chi connectivity index (χ0) is 19.8. The predicted octanol–water partition coefficient (Wildman–Crippen LogP) is 3.44. The first-order valence-electron chi connectivity index (χ1n) is 7.86. The molecule has 3 N–H and O–H groups in total. The highest BCUT2D eigenvalue weighted by Gasteiger charge is 2.66. The molecule has 3 rings (SSSR count). The molecule has 5 nitrogen and oxygen atoms in total. The summed E-state index contributed by atoms with van der Waals surface area (Å²) in [5.74, 6) is -3.03. The Morgan fingerprint density at radius 3 is 2.22 bits per heavy atom. The number of rotatable bonds is 3. The number of alkyl halides is 3. The van der Waals surface area contributed by atoms with E-state index in [1.54, 1.807) is 6.07 Å². The van der Waals surface area contributed by atoms with E-state index in [1.807, 2.05) is 0 Å². The number of halogens is 4.